The summed E-state index contributed by atoms with van der Waals surface area (Å²) in [6, 6.07) is 0.615. The van der Waals surface area contributed by atoms with Crippen molar-refractivity contribution in [3.05, 3.63) is 0 Å². The van der Waals surface area contributed by atoms with Crippen LogP contribution in [0.15, 0.2) is 0 Å². The van der Waals surface area contributed by atoms with Gasteiger partial charge in [0, 0.05) is 25.8 Å². The van der Waals surface area contributed by atoms with Crippen molar-refractivity contribution in [1.29, 1.82) is 0 Å². The predicted molar refractivity (Wildman–Crippen MR) is 64.2 cm³/mol. The summed E-state index contributed by atoms with van der Waals surface area (Å²) in [4.78, 5) is 2.56. The number of likely N-dealkylation sites (tertiary alicyclic amines) is 1. The number of ether oxygens (including phenoxy) is 1. The highest BCUT2D eigenvalue weighted by atomic mass is 16.5. The third-order valence-electron chi connectivity index (χ3n) is 2.89. The van der Waals surface area contributed by atoms with E-state index in [1.807, 2.05) is 6.92 Å². The highest BCUT2D eigenvalue weighted by molar-refractivity contribution is 4.72. The van der Waals surface area contributed by atoms with E-state index in [0.717, 1.165) is 26.2 Å². The molecule has 0 aromatic carbocycles. The Hall–Kier alpha value is -0.120. The zero-order valence-electron chi connectivity index (χ0n) is 10.3. The molecule has 1 aliphatic rings. The predicted octanol–water partition coefficient (Wildman–Crippen LogP) is 1.49. The summed E-state index contributed by atoms with van der Waals surface area (Å²) in [5, 5.41) is 3.55. The van der Waals surface area contributed by atoms with Crippen LogP contribution in [-0.4, -0.2) is 50.3 Å². The van der Waals surface area contributed by atoms with Crippen LogP contribution in [0.1, 0.15) is 33.1 Å². The zero-order chi connectivity index (χ0) is 10.9. The molecule has 0 amide bonds. The first kappa shape index (κ1) is 12.9. The SMILES string of the molecule is CCOCCCNC(C)CN1CCCC1. The maximum absolute atomic E-state index is 5.30. The topological polar surface area (TPSA) is 24.5 Å². The number of hydrogen-bond donors (Lipinski definition) is 1. The van der Waals surface area contributed by atoms with E-state index in [1.54, 1.807) is 0 Å². The van der Waals surface area contributed by atoms with Gasteiger partial charge in [0.05, 0.1) is 0 Å². The number of rotatable bonds is 8. The van der Waals surface area contributed by atoms with Crippen LogP contribution < -0.4 is 5.32 Å². The van der Waals surface area contributed by atoms with E-state index in [-0.39, 0.29) is 0 Å². The van der Waals surface area contributed by atoms with Crippen molar-refractivity contribution in [3.8, 4) is 0 Å². The van der Waals surface area contributed by atoms with Gasteiger partial charge >= 0.3 is 0 Å². The van der Waals surface area contributed by atoms with E-state index in [4.69, 9.17) is 4.74 Å². The molecule has 0 aliphatic carbocycles. The van der Waals surface area contributed by atoms with Crippen LogP contribution in [-0.2, 0) is 4.74 Å². The molecule has 0 radical (unpaired) electrons. The lowest BCUT2D eigenvalue weighted by Crippen LogP contribution is -2.38. The average molecular weight is 214 g/mol. The van der Waals surface area contributed by atoms with Crippen LogP contribution in [0.4, 0.5) is 0 Å². The van der Waals surface area contributed by atoms with E-state index in [2.05, 4.69) is 17.1 Å². The van der Waals surface area contributed by atoms with Crippen LogP contribution >= 0.6 is 0 Å². The minimum absolute atomic E-state index is 0.615. The van der Waals surface area contributed by atoms with Gasteiger partial charge in [-0.2, -0.15) is 0 Å². The van der Waals surface area contributed by atoms with Crippen LogP contribution in [0, 0.1) is 0 Å². The highest BCUT2D eigenvalue weighted by Crippen LogP contribution is 2.07. The van der Waals surface area contributed by atoms with E-state index in [9.17, 15) is 0 Å². The summed E-state index contributed by atoms with van der Waals surface area (Å²) < 4.78 is 5.30. The number of nitrogens with one attached hydrogen (secondary N) is 1. The van der Waals surface area contributed by atoms with E-state index >= 15 is 0 Å². The van der Waals surface area contributed by atoms with Gasteiger partial charge in [-0.05, 0) is 52.7 Å². The molecule has 0 saturated carbocycles. The minimum atomic E-state index is 0.615. The van der Waals surface area contributed by atoms with Gasteiger partial charge in [-0.15, -0.1) is 0 Å². The molecule has 1 aliphatic heterocycles. The lowest BCUT2D eigenvalue weighted by atomic mass is 10.3. The second kappa shape index (κ2) is 8.08. The fourth-order valence-electron chi connectivity index (χ4n) is 2.08. The molecule has 1 rings (SSSR count). The Bertz CT molecular complexity index is 147. The Labute approximate surface area is 94.2 Å². The minimum Gasteiger partial charge on any atom is -0.382 e. The summed E-state index contributed by atoms with van der Waals surface area (Å²) in [5.41, 5.74) is 0. The van der Waals surface area contributed by atoms with Gasteiger partial charge in [0.25, 0.3) is 0 Å². The third-order valence-corrected chi connectivity index (χ3v) is 2.89. The van der Waals surface area contributed by atoms with Crippen molar-refractivity contribution in [2.75, 3.05) is 39.4 Å². The zero-order valence-corrected chi connectivity index (χ0v) is 10.3. The lowest BCUT2D eigenvalue weighted by molar-refractivity contribution is 0.143. The van der Waals surface area contributed by atoms with Gasteiger partial charge < -0.3 is 15.0 Å². The molecular formula is C12H26N2O. The van der Waals surface area contributed by atoms with Crippen molar-refractivity contribution >= 4 is 0 Å². The van der Waals surface area contributed by atoms with E-state index in [0.29, 0.717) is 6.04 Å². The quantitative estimate of drug-likeness (QED) is 0.620. The normalized spacial score (nSPS) is 19.6. The average Bonchev–Trinajstić information content (AvgIpc) is 2.70. The first-order valence-electron chi connectivity index (χ1n) is 6.36. The van der Waals surface area contributed by atoms with Crippen molar-refractivity contribution in [1.82, 2.24) is 10.2 Å². The molecule has 1 heterocycles. The standard InChI is InChI=1S/C12H26N2O/c1-3-15-10-6-7-13-12(2)11-14-8-4-5-9-14/h12-13H,3-11H2,1-2H3. The Morgan fingerprint density at radius 3 is 2.73 bits per heavy atom. The molecule has 1 fully saturated rings. The van der Waals surface area contributed by atoms with Crippen LogP contribution in [0.2, 0.25) is 0 Å². The number of nitrogens with zero attached hydrogens (tertiary/aromatic N) is 1. The smallest absolute Gasteiger partial charge is 0.0477 e. The molecule has 0 spiro atoms. The second-order valence-corrected chi connectivity index (χ2v) is 4.41. The summed E-state index contributed by atoms with van der Waals surface area (Å²) >= 11 is 0. The first-order valence-corrected chi connectivity index (χ1v) is 6.36. The largest absolute Gasteiger partial charge is 0.382 e. The lowest BCUT2D eigenvalue weighted by Gasteiger charge is -2.21. The second-order valence-electron chi connectivity index (χ2n) is 4.41. The monoisotopic (exact) mass is 214 g/mol. The van der Waals surface area contributed by atoms with Gasteiger partial charge in [-0.1, -0.05) is 0 Å². The fraction of sp³-hybridized carbons (Fsp3) is 1.00. The van der Waals surface area contributed by atoms with Crippen molar-refractivity contribution in [3.63, 3.8) is 0 Å². The molecule has 3 heteroatoms. The maximum Gasteiger partial charge on any atom is 0.0477 e. The van der Waals surface area contributed by atoms with Crippen molar-refractivity contribution in [2.24, 2.45) is 0 Å². The van der Waals surface area contributed by atoms with Crippen LogP contribution in [0.5, 0.6) is 0 Å². The van der Waals surface area contributed by atoms with Crippen molar-refractivity contribution in [2.45, 2.75) is 39.2 Å². The van der Waals surface area contributed by atoms with Gasteiger partial charge in [0.1, 0.15) is 0 Å². The molecule has 1 N–H and O–H groups in total. The van der Waals surface area contributed by atoms with Gasteiger partial charge in [0.2, 0.25) is 0 Å². The molecule has 15 heavy (non-hydrogen) atoms. The molecule has 90 valence electrons. The van der Waals surface area contributed by atoms with E-state index < -0.39 is 0 Å². The molecule has 0 bridgehead atoms. The molecule has 0 aromatic heterocycles. The molecule has 1 saturated heterocycles. The first-order chi connectivity index (χ1) is 7.33. The number of hydrogen-bond acceptors (Lipinski definition) is 3. The van der Waals surface area contributed by atoms with E-state index in [1.165, 1.54) is 32.5 Å². The summed E-state index contributed by atoms with van der Waals surface area (Å²) in [6.45, 7) is 10.9. The third kappa shape index (κ3) is 6.13. The molecular weight excluding hydrogens is 188 g/mol. The van der Waals surface area contributed by atoms with Crippen LogP contribution in [0.25, 0.3) is 0 Å². The Balaban J connectivity index is 1.91. The Morgan fingerprint density at radius 2 is 2.07 bits per heavy atom. The maximum atomic E-state index is 5.30. The summed E-state index contributed by atoms with van der Waals surface area (Å²) in [6.07, 6.45) is 3.90. The Morgan fingerprint density at radius 1 is 1.33 bits per heavy atom. The molecule has 3 nitrogen and oxygen atoms in total. The van der Waals surface area contributed by atoms with Gasteiger partial charge in [-0.3, -0.25) is 0 Å². The summed E-state index contributed by atoms with van der Waals surface area (Å²) in [5.74, 6) is 0. The van der Waals surface area contributed by atoms with Crippen LogP contribution in [0.3, 0.4) is 0 Å². The van der Waals surface area contributed by atoms with Gasteiger partial charge in [0.15, 0.2) is 0 Å². The molecule has 0 aromatic rings. The molecule has 1 atom stereocenters. The molecule has 1 unspecified atom stereocenters. The summed E-state index contributed by atoms with van der Waals surface area (Å²) in [7, 11) is 0. The Kier molecular flexibility index (Phi) is 6.98. The van der Waals surface area contributed by atoms with Crippen molar-refractivity contribution < 1.29 is 4.74 Å². The highest BCUT2D eigenvalue weighted by Gasteiger charge is 2.13. The fourth-order valence-corrected chi connectivity index (χ4v) is 2.08. The van der Waals surface area contributed by atoms with Gasteiger partial charge in [-0.25, -0.2) is 0 Å².